The number of hydrogen-bond donors (Lipinski definition) is 3. The number of urea groups is 1. The molecule has 2 amide bonds. The number of aliphatic hydroxyl groups excluding tert-OH is 1. The van der Waals surface area contributed by atoms with Crippen LogP contribution in [-0.2, 0) is 6.54 Å². The van der Waals surface area contributed by atoms with E-state index in [0.29, 0.717) is 10.0 Å². The van der Waals surface area contributed by atoms with E-state index in [0.717, 1.165) is 0 Å². The van der Waals surface area contributed by atoms with Crippen molar-refractivity contribution in [2.24, 2.45) is 0 Å². The minimum atomic E-state index is -0.394. The zero-order valence-electron chi connectivity index (χ0n) is 8.46. The molecule has 4 nitrogen and oxygen atoms in total. The van der Waals surface area contributed by atoms with Crippen LogP contribution in [0.3, 0.4) is 0 Å². The van der Waals surface area contributed by atoms with E-state index in [4.69, 9.17) is 5.11 Å². The van der Waals surface area contributed by atoms with Crippen molar-refractivity contribution in [1.29, 1.82) is 0 Å². The Hall–Kier alpha value is -1.14. The van der Waals surface area contributed by atoms with Gasteiger partial charge in [0.1, 0.15) is 5.82 Å². The maximum atomic E-state index is 13.0. The van der Waals surface area contributed by atoms with Gasteiger partial charge in [0.25, 0.3) is 0 Å². The van der Waals surface area contributed by atoms with E-state index in [2.05, 4.69) is 26.6 Å². The zero-order chi connectivity index (χ0) is 12.0. The molecule has 0 aliphatic carbocycles. The molecule has 0 fully saturated rings. The molecule has 0 aliphatic rings. The van der Waals surface area contributed by atoms with Gasteiger partial charge in [-0.05, 0) is 23.8 Å². The first kappa shape index (κ1) is 12.9. The Morgan fingerprint density at radius 1 is 1.38 bits per heavy atom. The molecule has 0 bridgehead atoms. The summed E-state index contributed by atoms with van der Waals surface area (Å²) in [6.07, 6.45) is 0. The zero-order valence-corrected chi connectivity index (χ0v) is 10.1. The third-order valence-corrected chi connectivity index (χ3v) is 2.23. The molecule has 0 heterocycles. The maximum absolute atomic E-state index is 13.0. The predicted octanol–water partition coefficient (Wildman–Crippen LogP) is 1.38. The quantitative estimate of drug-likeness (QED) is 0.785. The molecule has 0 saturated carbocycles. The van der Waals surface area contributed by atoms with Crippen LogP contribution in [0, 0.1) is 5.82 Å². The third kappa shape index (κ3) is 4.59. The predicted molar refractivity (Wildman–Crippen MR) is 61.4 cm³/mol. The molecule has 0 unspecified atom stereocenters. The minimum Gasteiger partial charge on any atom is -0.395 e. The first-order valence-corrected chi connectivity index (χ1v) is 5.48. The number of halogens is 2. The van der Waals surface area contributed by atoms with Gasteiger partial charge < -0.3 is 15.7 Å². The highest BCUT2D eigenvalue weighted by molar-refractivity contribution is 9.10. The molecule has 3 N–H and O–H groups in total. The summed E-state index contributed by atoms with van der Waals surface area (Å²) in [5.74, 6) is -0.359. The number of amides is 2. The lowest BCUT2D eigenvalue weighted by Crippen LogP contribution is -2.36. The molecular weight excluding hydrogens is 279 g/mol. The number of hydrogen-bond acceptors (Lipinski definition) is 2. The summed E-state index contributed by atoms with van der Waals surface area (Å²) < 4.78 is 13.6. The van der Waals surface area contributed by atoms with Crippen molar-refractivity contribution in [3.63, 3.8) is 0 Å². The molecule has 0 saturated heterocycles. The topological polar surface area (TPSA) is 61.4 Å². The number of aliphatic hydroxyl groups is 1. The lowest BCUT2D eigenvalue weighted by atomic mass is 10.2. The molecule has 1 aromatic carbocycles. The molecule has 16 heavy (non-hydrogen) atoms. The van der Waals surface area contributed by atoms with Gasteiger partial charge >= 0.3 is 6.03 Å². The van der Waals surface area contributed by atoms with Gasteiger partial charge in [-0.1, -0.05) is 15.9 Å². The summed E-state index contributed by atoms with van der Waals surface area (Å²) in [7, 11) is 0. The number of rotatable bonds is 4. The Kier molecular flexibility index (Phi) is 5.21. The van der Waals surface area contributed by atoms with Crippen LogP contribution < -0.4 is 10.6 Å². The van der Waals surface area contributed by atoms with E-state index >= 15 is 0 Å². The van der Waals surface area contributed by atoms with Crippen molar-refractivity contribution >= 4 is 22.0 Å². The molecule has 88 valence electrons. The van der Waals surface area contributed by atoms with E-state index in [1.807, 2.05) is 0 Å². The minimum absolute atomic E-state index is 0.112. The number of benzene rings is 1. The van der Waals surface area contributed by atoms with Crippen LogP contribution in [0.15, 0.2) is 22.7 Å². The summed E-state index contributed by atoms with van der Waals surface area (Å²) in [5.41, 5.74) is 0.658. The summed E-state index contributed by atoms with van der Waals surface area (Å²) in [6, 6.07) is 4.01. The molecular formula is C10H12BrFN2O2. The second-order valence-corrected chi connectivity index (χ2v) is 4.03. The highest BCUT2D eigenvalue weighted by Crippen LogP contribution is 2.14. The fourth-order valence-corrected chi connectivity index (χ4v) is 1.64. The van der Waals surface area contributed by atoms with E-state index in [1.54, 1.807) is 6.07 Å². The van der Waals surface area contributed by atoms with Crippen LogP contribution in [0.4, 0.5) is 9.18 Å². The molecule has 0 aliphatic heterocycles. The highest BCUT2D eigenvalue weighted by Gasteiger charge is 2.02. The van der Waals surface area contributed by atoms with Crippen molar-refractivity contribution in [3.05, 3.63) is 34.1 Å². The lowest BCUT2D eigenvalue weighted by molar-refractivity contribution is 0.234. The first-order valence-electron chi connectivity index (χ1n) is 4.69. The summed E-state index contributed by atoms with van der Waals surface area (Å²) >= 11 is 3.16. The average molecular weight is 291 g/mol. The lowest BCUT2D eigenvalue weighted by Gasteiger charge is -2.07. The Balaban J connectivity index is 2.45. The highest BCUT2D eigenvalue weighted by atomic mass is 79.9. The molecule has 0 aromatic heterocycles. The van der Waals surface area contributed by atoms with Crippen LogP contribution in [0.2, 0.25) is 0 Å². The van der Waals surface area contributed by atoms with Gasteiger partial charge in [0.2, 0.25) is 0 Å². The molecule has 6 heteroatoms. The number of carbonyl (C=O) groups is 1. The van der Waals surface area contributed by atoms with Crippen molar-refractivity contribution in [2.75, 3.05) is 13.2 Å². The SMILES string of the molecule is O=C(NCCO)NCc1cc(F)cc(Br)c1. The third-order valence-electron chi connectivity index (χ3n) is 1.77. The Morgan fingerprint density at radius 2 is 2.12 bits per heavy atom. The van der Waals surface area contributed by atoms with Gasteiger partial charge in [0.15, 0.2) is 0 Å². The van der Waals surface area contributed by atoms with E-state index in [-0.39, 0.29) is 25.5 Å². The van der Waals surface area contributed by atoms with E-state index in [9.17, 15) is 9.18 Å². The largest absolute Gasteiger partial charge is 0.395 e. The van der Waals surface area contributed by atoms with Gasteiger partial charge in [-0.3, -0.25) is 0 Å². The molecule has 0 spiro atoms. The van der Waals surface area contributed by atoms with Crippen molar-refractivity contribution in [2.45, 2.75) is 6.54 Å². The van der Waals surface area contributed by atoms with E-state index < -0.39 is 6.03 Å². The molecule has 1 rings (SSSR count). The molecule has 0 atom stereocenters. The van der Waals surface area contributed by atoms with Gasteiger partial charge in [0.05, 0.1) is 6.61 Å². The van der Waals surface area contributed by atoms with Crippen LogP contribution in [0.25, 0.3) is 0 Å². The second-order valence-electron chi connectivity index (χ2n) is 3.11. The Morgan fingerprint density at radius 3 is 2.75 bits per heavy atom. The maximum Gasteiger partial charge on any atom is 0.315 e. The molecule has 0 radical (unpaired) electrons. The summed E-state index contributed by atoms with van der Waals surface area (Å²) in [6.45, 7) is 0.311. The smallest absolute Gasteiger partial charge is 0.315 e. The Labute approximate surface area is 101 Å². The van der Waals surface area contributed by atoms with Crippen molar-refractivity contribution < 1.29 is 14.3 Å². The molecule has 1 aromatic rings. The fraction of sp³-hybridized carbons (Fsp3) is 0.300. The van der Waals surface area contributed by atoms with Crippen LogP contribution in [0.1, 0.15) is 5.56 Å². The van der Waals surface area contributed by atoms with E-state index in [1.165, 1.54) is 12.1 Å². The summed E-state index contributed by atoms with van der Waals surface area (Å²) in [4.78, 5) is 11.1. The normalized spacial score (nSPS) is 9.94. The van der Waals surface area contributed by atoms with Gasteiger partial charge in [-0.2, -0.15) is 0 Å². The van der Waals surface area contributed by atoms with Crippen molar-refractivity contribution in [3.8, 4) is 0 Å². The first-order chi connectivity index (χ1) is 7.61. The number of carbonyl (C=O) groups excluding carboxylic acids is 1. The van der Waals surface area contributed by atoms with Crippen LogP contribution in [0.5, 0.6) is 0 Å². The monoisotopic (exact) mass is 290 g/mol. The van der Waals surface area contributed by atoms with Gasteiger partial charge in [-0.15, -0.1) is 0 Å². The summed E-state index contributed by atoms with van der Waals surface area (Å²) in [5, 5.41) is 13.4. The van der Waals surface area contributed by atoms with Gasteiger partial charge in [-0.25, -0.2) is 9.18 Å². The standard InChI is InChI=1S/C10H12BrFN2O2/c11-8-3-7(4-9(12)5-8)6-14-10(16)13-1-2-15/h3-5,15H,1-2,6H2,(H2,13,14,16). The second kappa shape index (κ2) is 6.44. The van der Waals surface area contributed by atoms with Crippen LogP contribution >= 0.6 is 15.9 Å². The Bertz CT molecular complexity index is 354. The fourth-order valence-electron chi connectivity index (χ4n) is 1.13. The van der Waals surface area contributed by atoms with Gasteiger partial charge in [0, 0.05) is 17.6 Å². The average Bonchev–Trinajstić information content (AvgIpc) is 2.22. The van der Waals surface area contributed by atoms with Crippen LogP contribution in [-0.4, -0.2) is 24.3 Å². The number of nitrogens with one attached hydrogen (secondary N) is 2. The van der Waals surface area contributed by atoms with Crippen molar-refractivity contribution in [1.82, 2.24) is 10.6 Å².